The lowest BCUT2D eigenvalue weighted by Gasteiger charge is -2.02. The van der Waals surface area contributed by atoms with Crippen molar-refractivity contribution >= 4 is 6.08 Å². The first-order chi connectivity index (χ1) is 10.9. The average Bonchev–Trinajstić information content (AvgIpc) is 3.04. The van der Waals surface area contributed by atoms with Crippen LogP contribution in [0.5, 0.6) is 0 Å². The second-order valence-corrected chi connectivity index (χ2v) is 6.45. The highest BCUT2D eigenvalue weighted by atomic mass is 16.3. The molecule has 0 spiro atoms. The highest BCUT2D eigenvalue weighted by Crippen LogP contribution is 2.13. The second kappa shape index (κ2) is 14.9. The van der Waals surface area contributed by atoms with E-state index in [1.807, 2.05) is 12.1 Å². The number of hydrogen-bond acceptors (Lipinski definition) is 1. The average molecular weight is 305 g/mol. The van der Waals surface area contributed by atoms with Crippen LogP contribution in [0.1, 0.15) is 103 Å². The van der Waals surface area contributed by atoms with Gasteiger partial charge >= 0.3 is 0 Å². The Labute approximate surface area is 138 Å². The van der Waals surface area contributed by atoms with Gasteiger partial charge in [0.25, 0.3) is 0 Å². The fourth-order valence-corrected chi connectivity index (χ4v) is 2.87. The first kappa shape index (κ1) is 19.1. The lowest BCUT2D eigenvalue weighted by molar-refractivity contribution is 0.540. The molecule has 1 nitrogen and oxygen atoms in total. The van der Waals surface area contributed by atoms with Crippen molar-refractivity contribution in [3.05, 3.63) is 30.2 Å². The molecule has 0 aliphatic carbocycles. The Morgan fingerprint density at radius 3 is 1.82 bits per heavy atom. The molecule has 0 amide bonds. The molecule has 1 aromatic rings. The number of rotatable bonds is 15. The van der Waals surface area contributed by atoms with E-state index in [9.17, 15) is 0 Å². The normalized spacial score (nSPS) is 11.5. The van der Waals surface area contributed by atoms with Gasteiger partial charge < -0.3 is 4.42 Å². The van der Waals surface area contributed by atoms with Crippen LogP contribution < -0.4 is 0 Å². The van der Waals surface area contributed by atoms with Crippen LogP contribution in [-0.4, -0.2) is 0 Å². The maximum absolute atomic E-state index is 5.27. The van der Waals surface area contributed by atoms with Crippen LogP contribution in [-0.2, 0) is 0 Å². The van der Waals surface area contributed by atoms with Crippen molar-refractivity contribution < 1.29 is 4.42 Å². The first-order valence-corrected chi connectivity index (χ1v) is 9.63. The minimum Gasteiger partial charge on any atom is -0.465 e. The molecule has 0 aliphatic heterocycles. The van der Waals surface area contributed by atoms with Crippen LogP contribution in [0.15, 0.2) is 28.9 Å². The van der Waals surface area contributed by atoms with E-state index in [4.69, 9.17) is 4.42 Å². The van der Waals surface area contributed by atoms with E-state index in [-0.39, 0.29) is 0 Å². The van der Waals surface area contributed by atoms with Crippen LogP contribution >= 0.6 is 0 Å². The third kappa shape index (κ3) is 11.7. The van der Waals surface area contributed by atoms with E-state index >= 15 is 0 Å². The standard InChI is InChI=1S/C21H36O/c1-2-3-4-5-6-7-8-9-10-11-12-13-14-15-16-18-21-19-17-20-22-21/h16-20H,2-15H2,1H3/b18-16-. The lowest BCUT2D eigenvalue weighted by atomic mass is 10.0. The summed E-state index contributed by atoms with van der Waals surface area (Å²) in [5.74, 6) is 0.967. The molecule has 1 heterocycles. The molecule has 1 rings (SSSR count). The van der Waals surface area contributed by atoms with Gasteiger partial charge in [-0.1, -0.05) is 90.0 Å². The molecule has 0 atom stereocenters. The molecule has 0 N–H and O–H groups in total. The molecule has 0 aliphatic rings. The molecule has 0 unspecified atom stereocenters. The first-order valence-electron chi connectivity index (χ1n) is 9.63. The van der Waals surface area contributed by atoms with E-state index in [0.29, 0.717) is 0 Å². The van der Waals surface area contributed by atoms with Crippen LogP contribution in [0.2, 0.25) is 0 Å². The quantitative estimate of drug-likeness (QED) is 0.301. The van der Waals surface area contributed by atoms with Crippen molar-refractivity contribution in [3.8, 4) is 0 Å². The van der Waals surface area contributed by atoms with Crippen molar-refractivity contribution in [3.63, 3.8) is 0 Å². The summed E-state index contributed by atoms with van der Waals surface area (Å²) in [5.41, 5.74) is 0. The number of hydrogen-bond donors (Lipinski definition) is 0. The van der Waals surface area contributed by atoms with Gasteiger partial charge in [-0.05, 0) is 31.1 Å². The van der Waals surface area contributed by atoms with Gasteiger partial charge in [0.1, 0.15) is 5.76 Å². The summed E-state index contributed by atoms with van der Waals surface area (Å²) in [7, 11) is 0. The Morgan fingerprint density at radius 2 is 1.32 bits per heavy atom. The highest BCUT2D eigenvalue weighted by Gasteiger charge is 1.93. The van der Waals surface area contributed by atoms with Gasteiger partial charge in [-0.3, -0.25) is 0 Å². The van der Waals surface area contributed by atoms with Crippen molar-refractivity contribution in [1.29, 1.82) is 0 Å². The topological polar surface area (TPSA) is 13.1 Å². The molecule has 22 heavy (non-hydrogen) atoms. The summed E-state index contributed by atoms with van der Waals surface area (Å²) in [5, 5.41) is 0. The fraction of sp³-hybridized carbons (Fsp3) is 0.714. The van der Waals surface area contributed by atoms with Gasteiger partial charge in [0.05, 0.1) is 6.26 Å². The van der Waals surface area contributed by atoms with E-state index in [1.165, 1.54) is 89.9 Å². The van der Waals surface area contributed by atoms with E-state index in [1.54, 1.807) is 6.26 Å². The Balaban J connectivity index is 1.73. The molecule has 126 valence electrons. The monoisotopic (exact) mass is 304 g/mol. The van der Waals surface area contributed by atoms with Gasteiger partial charge in [0.15, 0.2) is 0 Å². The lowest BCUT2D eigenvalue weighted by Crippen LogP contribution is -1.82. The molecule has 1 aromatic heterocycles. The molecular weight excluding hydrogens is 268 g/mol. The summed E-state index contributed by atoms with van der Waals surface area (Å²) < 4.78 is 5.27. The Morgan fingerprint density at radius 1 is 0.773 bits per heavy atom. The summed E-state index contributed by atoms with van der Waals surface area (Å²) in [4.78, 5) is 0. The zero-order valence-corrected chi connectivity index (χ0v) is 14.7. The predicted molar refractivity (Wildman–Crippen MR) is 98.1 cm³/mol. The number of furan rings is 1. The largest absolute Gasteiger partial charge is 0.465 e. The highest BCUT2D eigenvalue weighted by molar-refractivity contribution is 5.41. The molecule has 0 aromatic carbocycles. The van der Waals surface area contributed by atoms with E-state index in [2.05, 4.69) is 19.1 Å². The van der Waals surface area contributed by atoms with Crippen LogP contribution in [0.3, 0.4) is 0 Å². The minimum absolute atomic E-state index is 0.967. The summed E-state index contributed by atoms with van der Waals surface area (Å²) in [6, 6.07) is 3.94. The van der Waals surface area contributed by atoms with E-state index in [0.717, 1.165) is 5.76 Å². The molecule has 0 radical (unpaired) electrons. The zero-order valence-electron chi connectivity index (χ0n) is 14.7. The van der Waals surface area contributed by atoms with Crippen molar-refractivity contribution in [2.45, 2.75) is 96.8 Å². The van der Waals surface area contributed by atoms with Gasteiger partial charge in [0, 0.05) is 0 Å². The maximum Gasteiger partial charge on any atom is 0.126 e. The molecular formula is C21H36O. The van der Waals surface area contributed by atoms with Gasteiger partial charge in [0.2, 0.25) is 0 Å². The van der Waals surface area contributed by atoms with Crippen molar-refractivity contribution in [2.24, 2.45) is 0 Å². The maximum atomic E-state index is 5.27. The number of allylic oxidation sites excluding steroid dienone is 1. The second-order valence-electron chi connectivity index (χ2n) is 6.45. The van der Waals surface area contributed by atoms with Gasteiger partial charge in [-0.25, -0.2) is 0 Å². The Bertz CT molecular complexity index is 337. The van der Waals surface area contributed by atoms with Crippen LogP contribution in [0, 0.1) is 0 Å². The van der Waals surface area contributed by atoms with Crippen molar-refractivity contribution in [1.82, 2.24) is 0 Å². The SMILES string of the molecule is CCCCCCCCCCCCCCC/C=C\c1ccco1. The fourth-order valence-electron chi connectivity index (χ4n) is 2.87. The van der Waals surface area contributed by atoms with Gasteiger partial charge in [-0.2, -0.15) is 0 Å². The minimum atomic E-state index is 0.967. The third-order valence-electron chi connectivity index (χ3n) is 4.30. The van der Waals surface area contributed by atoms with Crippen LogP contribution in [0.25, 0.3) is 6.08 Å². The third-order valence-corrected chi connectivity index (χ3v) is 4.30. The molecule has 1 heteroatoms. The summed E-state index contributed by atoms with van der Waals surface area (Å²) in [6.45, 7) is 2.29. The molecule has 0 fully saturated rings. The smallest absolute Gasteiger partial charge is 0.126 e. The van der Waals surface area contributed by atoms with Crippen molar-refractivity contribution in [2.75, 3.05) is 0 Å². The molecule has 0 bridgehead atoms. The van der Waals surface area contributed by atoms with Crippen LogP contribution in [0.4, 0.5) is 0 Å². The van der Waals surface area contributed by atoms with Gasteiger partial charge in [-0.15, -0.1) is 0 Å². The Kier molecular flexibility index (Phi) is 12.9. The predicted octanol–water partition coefficient (Wildman–Crippen LogP) is 7.77. The zero-order chi connectivity index (χ0) is 15.7. The molecule has 0 saturated carbocycles. The summed E-state index contributed by atoms with van der Waals surface area (Å²) >= 11 is 0. The Hall–Kier alpha value is -0.980. The number of unbranched alkanes of at least 4 members (excludes halogenated alkanes) is 13. The van der Waals surface area contributed by atoms with E-state index < -0.39 is 0 Å². The molecule has 0 saturated heterocycles. The summed E-state index contributed by atoms with van der Waals surface area (Å²) in [6.07, 6.45) is 25.7.